The van der Waals surface area contributed by atoms with Crippen LogP contribution in [0.15, 0.2) is 35.6 Å². The minimum Gasteiger partial charge on any atom is -0.484 e. The van der Waals surface area contributed by atoms with Crippen LogP contribution < -0.4 is 10.2 Å². The lowest BCUT2D eigenvalue weighted by atomic mass is 10.2. The van der Waals surface area contributed by atoms with E-state index >= 15 is 0 Å². The van der Waals surface area contributed by atoms with E-state index < -0.39 is 0 Å². The molecule has 1 aliphatic heterocycles. The molecule has 0 saturated carbocycles. The minimum absolute atomic E-state index is 0.0191. The van der Waals surface area contributed by atoms with Gasteiger partial charge in [-0.15, -0.1) is 0 Å². The Morgan fingerprint density at radius 3 is 2.63 bits per heavy atom. The Balaban J connectivity index is 1.49. The van der Waals surface area contributed by atoms with Crippen LogP contribution in [0.1, 0.15) is 28.9 Å². The van der Waals surface area contributed by atoms with Crippen molar-refractivity contribution < 1.29 is 14.3 Å². The monoisotopic (exact) mass is 481 g/mol. The van der Waals surface area contributed by atoms with Gasteiger partial charge in [0.15, 0.2) is 6.61 Å². The molecule has 9 heteroatoms. The fourth-order valence-corrected chi connectivity index (χ4v) is 3.46. The first-order valence-corrected chi connectivity index (χ1v) is 9.64. The van der Waals surface area contributed by atoms with E-state index in [0.29, 0.717) is 11.4 Å². The lowest BCUT2D eigenvalue weighted by molar-refractivity contribution is -0.132. The van der Waals surface area contributed by atoms with Crippen LogP contribution in [0.2, 0.25) is 0 Å². The van der Waals surface area contributed by atoms with Crippen molar-refractivity contribution in [2.75, 3.05) is 19.7 Å². The average Bonchev–Trinajstić information content (AvgIpc) is 3.31. The van der Waals surface area contributed by atoms with Crippen molar-refractivity contribution in [1.82, 2.24) is 20.1 Å². The third-order valence-electron chi connectivity index (χ3n) is 4.19. The molecule has 142 valence electrons. The topological polar surface area (TPSA) is 88.8 Å². The number of carbonyl (C=O) groups is 2. The maximum absolute atomic E-state index is 12.1. The first-order valence-electron chi connectivity index (χ1n) is 8.56. The van der Waals surface area contributed by atoms with Crippen LogP contribution in [0.25, 0.3) is 0 Å². The molecule has 2 heterocycles. The predicted molar refractivity (Wildman–Crippen MR) is 109 cm³/mol. The van der Waals surface area contributed by atoms with Gasteiger partial charge in [0.1, 0.15) is 11.4 Å². The SMILES string of the molecule is Cn1ncc(I)c1C(=O)N/N=C\c1ccc(OCC(=O)N2CCCC2)cc1. The molecule has 0 aliphatic carbocycles. The zero-order valence-electron chi connectivity index (χ0n) is 14.9. The molecule has 8 nitrogen and oxygen atoms in total. The lowest BCUT2D eigenvalue weighted by Crippen LogP contribution is -2.32. The Morgan fingerprint density at radius 1 is 1.30 bits per heavy atom. The van der Waals surface area contributed by atoms with Gasteiger partial charge in [0, 0.05) is 20.1 Å². The van der Waals surface area contributed by atoms with Gasteiger partial charge in [-0.05, 0) is 65.3 Å². The van der Waals surface area contributed by atoms with Crippen molar-refractivity contribution >= 4 is 40.6 Å². The summed E-state index contributed by atoms with van der Waals surface area (Å²) >= 11 is 2.05. The Morgan fingerprint density at radius 2 is 2.00 bits per heavy atom. The number of ether oxygens (including phenoxy) is 1. The normalized spacial score (nSPS) is 13.9. The number of carbonyl (C=O) groups excluding carboxylic acids is 2. The lowest BCUT2D eigenvalue weighted by Gasteiger charge is -2.15. The number of likely N-dealkylation sites (tertiary alicyclic amines) is 1. The number of hydrogen-bond acceptors (Lipinski definition) is 5. The Hall–Kier alpha value is -2.43. The first-order chi connectivity index (χ1) is 13.0. The van der Waals surface area contributed by atoms with Gasteiger partial charge in [-0.25, -0.2) is 5.43 Å². The van der Waals surface area contributed by atoms with Crippen molar-refractivity contribution in [3.05, 3.63) is 45.3 Å². The summed E-state index contributed by atoms with van der Waals surface area (Å²) in [5, 5.41) is 7.99. The molecule has 0 unspecified atom stereocenters. The quantitative estimate of drug-likeness (QED) is 0.387. The highest BCUT2D eigenvalue weighted by Gasteiger charge is 2.18. The highest BCUT2D eigenvalue weighted by atomic mass is 127. The summed E-state index contributed by atoms with van der Waals surface area (Å²) in [7, 11) is 1.70. The van der Waals surface area contributed by atoms with E-state index in [0.717, 1.165) is 35.1 Å². The van der Waals surface area contributed by atoms with Gasteiger partial charge in [0.25, 0.3) is 11.8 Å². The van der Waals surface area contributed by atoms with Crippen LogP contribution in [-0.4, -0.2) is 52.4 Å². The second-order valence-corrected chi connectivity index (χ2v) is 7.27. The zero-order valence-corrected chi connectivity index (χ0v) is 17.0. The molecule has 0 bridgehead atoms. The molecule has 0 atom stereocenters. The van der Waals surface area contributed by atoms with E-state index in [1.807, 2.05) is 4.90 Å². The average molecular weight is 481 g/mol. The molecule has 2 aromatic rings. The standard InChI is InChI=1S/C18H20IN5O3/c1-23-17(15(19)11-21-23)18(26)22-20-10-13-4-6-14(7-5-13)27-12-16(25)24-8-2-3-9-24/h4-7,10-11H,2-3,8-9,12H2,1H3,(H,22,26)/b20-10-. The highest BCUT2D eigenvalue weighted by Crippen LogP contribution is 2.13. The van der Waals surface area contributed by atoms with Gasteiger partial charge in [-0.2, -0.15) is 10.2 Å². The summed E-state index contributed by atoms with van der Waals surface area (Å²) in [4.78, 5) is 25.9. The second kappa shape index (κ2) is 8.98. The molecule has 0 spiro atoms. The summed E-state index contributed by atoms with van der Waals surface area (Å²) < 4.78 is 7.80. The smallest absolute Gasteiger partial charge is 0.290 e. The van der Waals surface area contributed by atoms with Crippen molar-refractivity contribution in [3.63, 3.8) is 0 Å². The maximum atomic E-state index is 12.1. The molecule has 1 fully saturated rings. The van der Waals surface area contributed by atoms with Gasteiger partial charge < -0.3 is 9.64 Å². The summed E-state index contributed by atoms with van der Waals surface area (Å²) in [6.07, 6.45) is 5.29. The molecule has 1 N–H and O–H groups in total. The fourth-order valence-electron chi connectivity index (χ4n) is 2.74. The van der Waals surface area contributed by atoms with Crippen LogP contribution in [0.4, 0.5) is 0 Å². The second-order valence-electron chi connectivity index (χ2n) is 6.11. The van der Waals surface area contributed by atoms with Crippen LogP contribution in [0.5, 0.6) is 5.75 Å². The van der Waals surface area contributed by atoms with Gasteiger partial charge in [0.2, 0.25) is 0 Å². The van der Waals surface area contributed by atoms with Gasteiger partial charge in [-0.1, -0.05) is 0 Å². The molecule has 3 rings (SSSR count). The third kappa shape index (κ3) is 5.06. The Kier molecular flexibility index (Phi) is 6.43. The first kappa shape index (κ1) is 19.3. The third-order valence-corrected chi connectivity index (χ3v) is 4.98. The fraction of sp³-hybridized carbons (Fsp3) is 0.333. The Labute approximate surface area is 170 Å². The molecule has 1 aromatic heterocycles. The molecular weight excluding hydrogens is 461 g/mol. The molecule has 1 aromatic carbocycles. The van der Waals surface area contributed by atoms with Crippen LogP contribution in [0, 0.1) is 3.57 Å². The molecule has 27 heavy (non-hydrogen) atoms. The predicted octanol–water partition coefficient (Wildman–Crippen LogP) is 1.79. The number of hydrogen-bond donors (Lipinski definition) is 1. The van der Waals surface area contributed by atoms with E-state index in [9.17, 15) is 9.59 Å². The molecule has 2 amide bonds. The number of hydrazone groups is 1. The van der Waals surface area contributed by atoms with E-state index in [1.54, 1.807) is 43.7 Å². The summed E-state index contributed by atoms with van der Waals surface area (Å²) in [6.45, 7) is 1.69. The van der Waals surface area contributed by atoms with Crippen molar-refractivity contribution in [1.29, 1.82) is 0 Å². The summed E-state index contributed by atoms with van der Waals surface area (Å²) in [6, 6.07) is 7.15. The van der Waals surface area contributed by atoms with Crippen LogP contribution in [-0.2, 0) is 11.8 Å². The number of nitrogens with one attached hydrogen (secondary N) is 1. The molecule has 1 saturated heterocycles. The molecule has 0 radical (unpaired) electrons. The number of benzene rings is 1. The van der Waals surface area contributed by atoms with Crippen LogP contribution in [0.3, 0.4) is 0 Å². The van der Waals surface area contributed by atoms with Gasteiger partial charge >= 0.3 is 0 Å². The molecular formula is C18H20IN5O3. The number of aryl methyl sites for hydroxylation is 1. The van der Waals surface area contributed by atoms with Gasteiger partial charge in [0.05, 0.1) is 16.0 Å². The zero-order chi connectivity index (χ0) is 19.2. The van der Waals surface area contributed by atoms with Crippen molar-refractivity contribution in [3.8, 4) is 5.75 Å². The Bertz CT molecular complexity index is 822. The van der Waals surface area contributed by atoms with Crippen molar-refractivity contribution in [2.45, 2.75) is 12.8 Å². The number of nitrogens with zero attached hydrogens (tertiary/aromatic N) is 4. The summed E-state index contributed by atoms with van der Waals surface area (Å²) in [5.74, 6) is 0.315. The number of halogens is 1. The number of amides is 2. The highest BCUT2D eigenvalue weighted by molar-refractivity contribution is 14.1. The largest absolute Gasteiger partial charge is 0.484 e. The minimum atomic E-state index is -0.323. The van der Waals surface area contributed by atoms with E-state index in [1.165, 1.54) is 4.68 Å². The van der Waals surface area contributed by atoms with E-state index in [2.05, 4.69) is 38.2 Å². The van der Waals surface area contributed by atoms with E-state index in [-0.39, 0.29) is 18.4 Å². The summed E-state index contributed by atoms with van der Waals surface area (Å²) in [5.41, 5.74) is 3.74. The van der Waals surface area contributed by atoms with E-state index in [4.69, 9.17) is 4.74 Å². The van der Waals surface area contributed by atoms with Gasteiger partial charge in [-0.3, -0.25) is 14.3 Å². The van der Waals surface area contributed by atoms with Crippen LogP contribution >= 0.6 is 22.6 Å². The number of rotatable bonds is 6. The molecule has 1 aliphatic rings. The number of aromatic nitrogens is 2. The maximum Gasteiger partial charge on any atom is 0.290 e. The van der Waals surface area contributed by atoms with Crippen molar-refractivity contribution in [2.24, 2.45) is 12.1 Å².